The Labute approximate surface area is 150 Å². The molecule has 0 spiro atoms. The Kier molecular flexibility index (Phi) is 4.26. The number of anilines is 2. The fraction of sp³-hybridized carbons (Fsp3) is 0. The van der Waals surface area contributed by atoms with Gasteiger partial charge in [-0.3, -0.25) is 14.2 Å². The number of hydrogen-bond donors (Lipinski definition) is 1. The van der Waals surface area contributed by atoms with Gasteiger partial charge in [-0.2, -0.15) is 0 Å². The van der Waals surface area contributed by atoms with Crippen molar-refractivity contribution in [1.82, 2.24) is 9.38 Å². The van der Waals surface area contributed by atoms with Crippen molar-refractivity contribution in [2.24, 2.45) is 4.99 Å². The number of rotatable bonds is 4. The highest BCUT2D eigenvalue weighted by atomic mass is 16.1. The minimum atomic E-state index is -0.172. The van der Waals surface area contributed by atoms with E-state index in [9.17, 15) is 4.79 Å². The second kappa shape index (κ2) is 7.03. The van der Waals surface area contributed by atoms with Crippen molar-refractivity contribution >= 4 is 29.1 Å². The Bertz CT molecular complexity index is 1120. The van der Waals surface area contributed by atoms with Crippen LogP contribution in [0.25, 0.3) is 5.65 Å². The molecule has 0 unspecified atom stereocenters. The van der Waals surface area contributed by atoms with E-state index in [1.54, 1.807) is 24.5 Å². The zero-order valence-corrected chi connectivity index (χ0v) is 13.9. The Morgan fingerprint density at radius 3 is 2.35 bits per heavy atom. The van der Waals surface area contributed by atoms with Gasteiger partial charge in [-0.25, -0.2) is 4.98 Å². The number of hydrogen-bond acceptors (Lipinski definition) is 4. The topological polar surface area (TPSA) is 58.8 Å². The maximum Gasteiger partial charge on any atom is 0.268 e. The van der Waals surface area contributed by atoms with Crippen molar-refractivity contribution in [2.45, 2.75) is 0 Å². The van der Waals surface area contributed by atoms with Gasteiger partial charge < -0.3 is 5.32 Å². The van der Waals surface area contributed by atoms with E-state index in [2.05, 4.69) is 15.3 Å². The van der Waals surface area contributed by atoms with Gasteiger partial charge in [0.1, 0.15) is 17.0 Å². The van der Waals surface area contributed by atoms with Crippen molar-refractivity contribution in [2.75, 3.05) is 5.32 Å². The van der Waals surface area contributed by atoms with Crippen LogP contribution in [-0.2, 0) is 0 Å². The molecule has 0 aliphatic carbocycles. The molecule has 0 saturated carbocycles. The van der Waals surface area contributed by atoms with Crippen molar-refractivity contribution in [3.8, 4) is 0 Å². The lowest BCUT2D eigenvalue weighted by Gasteiger charge is -2.10. The highest BCUT2D eigenvalue weighted by Crippen LogP contribution is 2.17. The normalized spacial score (nSPS) is 11.1. The van der Waals surface area contributed by atoms with Crippen LogP contribution in [0.4, 0.5) is 17.2 Å². The smallest absolute Gasteiger partial charge is 0.268 e. The fourth-order valence-electron chi connectivity index (χ4n) is 2.63. The van der Waals surface area contributed by atoms with Crippen LogP contribution in [0, 0.1) is 0 Å². The molecule has 0 radical (unpaired) electrons. The highest BCUT2D eigenvalue weighted by Gasteiger charge is 2.11. The molecule has 0 atom stereocenters. The summed E-state index contributed by atoms with van der Waals surface area (Å²) in [4.78, 5) is 22.0. The average Bonchev–Trinajstić information content (AvgIpc) is 2.69. The monoisotopic (exact) mass is 340 g/mol. The number of nitrogens with zero attached hydrogens (tertiary/aromatic N) is 3. The van der Waals surface area contributed by atoms with Crippen molar-refractivity contribution in [3.05, 3.63) is 101 Å². The van der Waals surface area contributed by atoms with Gasteiger partial charge in [0.05, 0.1) is 5.69 Å². The molecule has 5 heteroatoms. The van der Waals surface area contributed by atoms with E-state index >= 15 is 0 Å². The zero-order chi connectivity index (χ0) is 17.8. The summed E-state index contributed by atoms with van der Waals surface area (Å²) in [6.07, 6.45) is 3.27. The quantitative estimate of drug-likeness (QED) is 0.567. The van der Waals surface area contributed by atoms with Gasteiger partial charge in [0, 0.05) is 18.1 Å². The van der Waals surface area contributed by atoms with Gasteiger partial charge >= 0.3 is 0 Å². The summed E-state index contributed by atoms with van der Waals surface area (Å²) >= 11 is 0. The van der Waals surface area contributed by atoms with Crippen LogP contribution in [0.1, 0.15) is 5.56 Å². The minimum Gasteiger partial charge on any atom is -0.339 e. The summed E-state index contributed by atoms with van der Waals surface area (Å²) in [5, 5.41) is 3.23. The van der Waals surface area contributed by atoms with E-state index in [-0.39, 0.29) is 5.56 Å². The molecule has 1 N–H and O–H groups in total. The van der Waals surface area contributed by atoms with Crippen molar-refractivity contribution in [3.63, 3.8) is 0 Å². The van der Waals surface area contributed by atoms with Gasteiger partial charge in [0.2, 0.25) is 0 Å². The maximum atomic E-state index is 13.0. The molecule has 4 rings (SSSR count). The van der Waals surface area contributed by atoms with Crippen LogP contribution in [0.15, 0.2) is 94.8 Å². The molecule has 0 fully saturated rings. The zero-order valence-electron chi connectivity index (χ0n) is 13.9. The van der Waals surface area contributed by atoms with Gasteiger partial charge in [0.25, 0.3) is 5.56 Å². The van der Waals surface area contributed by atoms with E-state index in [1.165, 1.54) is 4.40 Å². The number of benzene rings is 2. The third kappa shape index (κ3) is 3.23. The number of fused-ring (bicyclic) bond motifs is 1. The first-order valence-electron chi connectivity index (χ1n) is 8.24. The van der Waals surface area contributed by atoms with Gasteiger partial charge in [-0.1, -0.05) is 42.5 Å². The minimum absolute atomic E-state index is 0.172. The van der Waals surface area contributed by atoms with Crippen molar-refractivity contribution < 1.29 is 0 Å². The number of pyridine rings is 1. The Morgan fingerprint density at radius 2 is 1.58 bits per heavy atom. The summed E-state index contributed by atoms with van der Waals surface area (Å²) in [7, 11) is 0. The standard InChI is InChI=1S/C21H16N4O/c26-21-18(15-22-16-9-3-1-4-10-16)20(23-17-11-5-2-6-12-17)24-19-13-7-8-14-25(19)21/h1-15,23H/b22-15+. The summed E-state index contributed by atoms with van der Waals surface area (Å²) in [6.45, 7) is 0. The molecule has 2 aromatic heterocycles. The third-order valence-electron chi connectivity index (χ3n) is 3.90. The fourth-order valence-corrected chi connectivity index (χ4v) is 2.63. The van der Waals surface area contributed by atoms with Gasteiger partial charge in [-0.05, 0) is 36.4 Å². The Balaban J connectivity index is 1.85. The van der Waals surface area contributed by atoms with Crippen LogP contribution < -0.4 is 10.9 Å². The first-order chi connectivity index (χ1) is 12.8. The van der Waals surface area contributed by atoms with E-state index in [0.717, 1.165) is 11.4 Å². The molecule has 2 aromatic carbocycles. The maximum absolute atomic E-state index is 13.0. The third-order valence-corrected chi connectivity index (χ3v) is 3.90. The van der Waals surface area contributed by atoms with E-state index in [0.29, 0.717) is 17.0 Å². The van der Waals surface area contributed by atoms with E-state index < -0.39 is 0 Å². The second-order valence-electron chi connectivity index (χ2n) is 5.69. The van der Waals surface area contributed by atoms with Crippen molar-refractivity contribution in [1.29, 1.82) is 0 Å². The second-order valence-corrected chi connectivity index (χ2v) is 5.69. The first kappa shape index (κ1) is 15.8. The summed E-state index contributed by atoms with van der Waals surface area (Å²) in [5.74, 6) is 0.479. The summed E-state index contributed by atoms with van der Waals surface area (Å²) in [5.41, 5.74) is 2.44. The molecule has 0 aliphatic heterocycles. The molecular weight excluding hydrogens is 324 g/mol. The lowest BCUT2D eigenvalue weighted by Crippen LogP contribution is -2.21. The molecule has 2 heterocycles. The molecule has 4 aromatic rings. The van der Waals surface area contributed by atoms with Crippen LogP contribution in [0.3, 0.4) is 0 Å². The molecule has 26 heavy (non-hydrogen) atoms. The summed E-state index contributed by atoms with van der Waals surface area (Å²) < 4.78 is 1.52. The SMILES string of the molecule is O=c1c(/C=N/c2ccccc2)c(Nc2ccccc2)nc2ccccn12. The Morgan fingerprint density at radius 1 is 0.885 bits per heavy atom. The predicted molar refractivity (Wildman–Crippen MR) is 105 cm³/mol. The van der Waals surface area contributed by atoms with Crippen LogP contribution in [-0.4, -0.2) is 15.6 Å². The van der Waals surface area contributed by atoms with Crippen LogP contribution >= 0.6 is 0 Å². The van der Waals surface area contributed by atoms with E-state index in [4.69, 9.17) is 0 Å². The molecule has 5 nitrogen and oxygen atoms in total. The number of aliphatic imine (C=N–C) groups is 1. The molecule has 126 valence electrons. The lowest BCUT2D eigenvalue weighted by atomic mass is 10.2. The largest absolute Gasteiger partial charge is 0.339 e. The van der Waals surface area contributed by atoms with Gasteiger partial charge in [0.15, 0.2) is 0 Å². The highest BCUT2D eigenvalue weighted by molar-refractivity contribution is 5.89. The molecule has 0 amide bonds. The predicted octanol–water partition coefficient (Wildman–Crippen LogP) is 4.19. The number of nitrogens with one attached hydrogen (secondary N) is 1. The number of aromatic nitrogens is 2. The van der Waals surface area contributed by atoms with Crippen LogP contribution in [0.2, 0.25) is 0 Å². The first-order valence-corrected chi connectivity index (χ1v) is 8.24. The molecule has 0 bridgehead atoms. The Hall–Kier alpha value is -3.73. The van der Waals surface area contributed by atoms with E-state index in [1.807, 2.05) is 66.7 Å². The molecule has 0 aliphatic rings. The van der Waals surface area contributed by atoms with Gasteiger partial charge in [-0.15, -0.1) is 0 Å². The molecular formula is C21H16N4O. The molecule has 0 saturated heterocycles. The van der Waals surface area contributed by atoms with Crippen LogP contribution in [0.5, 0.6) is 0 Å². The average molecular weight is 340 g/mol. The summed E-state index contributed by atoms with van der Waals surface area (Å²) in [6, 6.07) is 24.6. The lowest BCUT2D eigenvalue weighted by molar-refractivity contribution is 1.04. The number of para-hydroxylation sites is 2.